The second-order valence-corrected chi connectivity index (χ2v) is 2.94. The summed E-state index contributed by atoms with van der Waals surface area (Å²) >= 11 is 0. The average molecular weight is 190 g/mol. The first kappa shape index (κ1) is 9.98. The van der Waals surface area contributed by atoms with Crippen LogP contribution in [0, 0.1) is 5.82 Å². The minimum atomic E-state index is -2.82. The third-order valence-electron chi connectivity index (χ3n) is 1.81. The monoisotopic (exact) mass is 190 g/mol. The van der Waals surface area contributed by atoms with Crippen LogP contribution in [0.15, 0.2) is 18.5 Å². The van der Waals surface area contributed by atoms with E-state index in [1.807, 2.05) is 0 Å². The standard InChI is InChI=1S/C8H9F3N2/c1-8(12,7(10)11)5-2-3-13-4-6(5)9/h2-4,7H,12H2,1H3. The van der Waals surface area contributed by atoms with E-state index in [4.69, 9.17) is 5.73 Å². The molecular formula is C8H9F3N2. The molecule has 72 valence electrons. The van der Waals surface area contributed by atoms with Gasteiger partial charge in [-0.3, -0.25) is 4.98 Å². The second-order valence-electron chi connectivity index (χ2n) is 2.94. The molecule has 0 saturated heterocycles. The highest BCUT2D eigenvalue weighted by molar-refractivity contribution is 5.22. The minimum Gasteiger partial charge on any atom is -0.317 e. The molecule has 0 amide bonds. The van der Waals surface area contributed by atoms with Crippen molar-refractivity contribution >= 4 is 0 Å². The van der Waals surface area contributed by atoms with Crippen molar-refractivity contribution in [3.05, 3.63) is 29.8 Å². The molecule has 0 aliphatic rings. The van der Waals surface area contributed by atoms with E-state index in [2.05, 4.69) is 4.98 Å². The molecule has 2 nitrogen and oxygen atoms in total. The molecule has 1 unspecified atom stereocenters. The topological polar surface area (TPSA) is 38.9 Å². The van der Waals surface area contributed by atoms with Crippen molar-refractivity contribution in [1.82, 2.24) is 4.98 Å². The molecule has 1 heterocycles. The van der Waals surface area contributed by atoms with Crippen molar-refractivity contribution in [1.29, 1.82) is 0 Å². The van der Waals surface area contributed by atoms with Gasteiger partial charge in [0, 0.05) is 11.8 Å². The van der Waals surface area contributed by atoms with Gasteiger partial charge in [-0.2, -0.15) is 0 Å². The Balaban J connectivity index is 3.14. The first-order valence-electron chi connectivity index (χ1n) is 3.63. The quantitative estimate of drug-likeness (QED) is 0.770. The van der Waals surface area contributed by atoms with Crippen LogP contribution < -0.4 is 5.73 Å². The Kier molecular flexibility index (Phi) is 2.56. The Labute approximate surface area is 73.6 Å². The van der Waals surface area contributed by atoms with Gasteiger partial charge in [0.25, 0.3) is 6.43 Å². The van der Waals surface area contributed by atoms with E-state index in [1.165, 1.54) is 6.20 Å². The summed E-state index contributed by atoms with van der Waals surface area (Å²) in [6, 6.07) is 1.15. The molecule has 1 atom stereocenters. The first-order valence-corrected chi connectivity index (χ1v) is 3.63. The van der Waals surface area contributed by atoms with Gasteiger partial charge in [-0.05, 0) is 13.0 Å². The lowest BCUT2D eigenvalue weighted by Crippen LogP contribution is -2.41. The van der Waals surface area contributed by atoms with Crippen molar-refractivity contribution in [2.24, 2.45) is 5.73 Å². The van der Waals surface area contributed by atoms with Crippen molar-refractivity contribution in [2.45, 2.75) is 18.9 Å². The molecule has 0 spiro atoms. The summed E-state index contributed by atoms with van der Waals surface area (Å²) in [7, 11) is 0. The van der Waals surface area contributed by atoms with Crippen molar-refractivity contribution in [2.75, 3.05) is 0 Å². The van der Waals surface area contributed by atoms with Gasteiger partial charge in [0.15, 0.2) is 0 Å². The Hall–Kier alpha value is -1.10. The fraction of sp³-hybridized carbons (Fsp3) is 0.375. The summed E-state index contributed by atoms with van der Waals surface area (Å²) in [5.74, 6) is -0.812. The summed E-state index contributed by atoms with van der Waals surface area (Å²) in [5, 5.41) is 0. The van der Waals surface area contributed by atoms with Gasteiger partial charge in [-0.1, -0.05) is 0 Å². The van der Waals surface area contributed by atoms with Gasteiger partial charge in [-0.25, -0.2) is 13.2 Å². The number of pyridine rings is 1. The molecule has 0 aliphatic carbocycles. The smallest absolute Gasteiger partial charge is 0.260 e. The molecule has 0 bridgehead atoms. The van der Waals surface area contributed by atoms with Crippen molar-refractivity contribution in [3.8, 4) is 0 Å². The van der Waals surface area contributed by atoms with Crippen molar-refractivity contribution in [3.63, 3.8) is 0 Å². The molecule has 5 heteroatoms. The van der Waals surface area contributed by atoms with Crippen LogP contribution in [0.25, 0.3) is 0 Å². The van der Waals surface area contributed by atoms with Crippen LogP contribution >= 0.6 is 0 Å². The number of rotatable bonds is 2. The molecule has 0 aliphatic heterocycles. The minimum absolute atomic E-state index is 0.225. The van der Waals surface area contributed by atoms with E-state index in [-0.39, 0.29) is 5.56 Å². The predicted molar refractivity (Wildman–Crippen MR) is 41.7 cm³/mol. The van der Waals surface area contributed by atoms with E-state index in [0.717, 1.165) is 19.2 Å². The van der Waals surface area contributed by atoms with Gasteiger partial charge in [0.1, 0.15) is 11.4 Å². The maximum absolute atomic E-state index is 13.0. The number of hydrogen-bond donors (Lipinski definition) is 1. The Morgan fingerprint density at radius 2 is 2.15 bits per heavy atom. The SMILES string of the molecule is CC(N)(c1ccncc1F)C(F)F. The van der Waals surface area contributed by atoms with Crippen molar-refractivity contribution < 1.29 is 13.2 Å². The van der Waals surface area contributed by atoms with E-state index in [0.29, 0.717) is 0 Å². The Morgan fingerprint density at radius 1 is 1.54 bits per heavy atom. The average Bonchev–Trinajstić information content (AvgIpc) is 2.04. The lowest BCUT2D eigenvalue weighted by Gasteiger charge is -2.23. The molecule has 0 aromatic carbocycles. The first-order chi connectivity index (χ1) is 5.96. The third-order valence-corrected chi connectivity index (χ3v) is 1.81. The zero-order valence-electron chi connectivity index (χ0n) is 6.97. The summed E-state index contributed by atoms with van der Waals surface area (Å²) in [4.78, 5) is 3.44. The maximum Gasteiger partial charge on any atom is 0.260 e. The lowest BCUT2D eigenvalue weighted by molar-refractivity contribution is 0.0604. The molecule has 2 N–H and O–H groups in total. The molecular weight excluding hydrogens is 181 g/mol. The van der Waals surface area contributed by atoms with Crippen LogP contribution in [0.5, 0.6) is 0 Å². The maximum atomic E-state index is 13.0. The van der Waals surface area contributed by atoms with E-state index in [9.17, 15) is 13.2 Å². The van der Waals surface area contributed by atoms with E-state index >= 15 is 0 Å². The normalized spacial score (nSPS) is 15.8. The molecule has 0 radical (unpaired) electrons. The molecule has 0 saturated carbocycles. The van der Waals surface area contributed by atoms with Gasteiger partial charge >= 0.3 is 0 Å². The van der Waals surface area contributed by atoms with Gasteiger partial charge < -0.3 is 5.73 Å². The van der Waals surface area contributed by atoms with Crippen LogP contribution in [0.3, 0.4) is 0 Å². The summed E-state index contributed by atoms with van der Waals surface area (Å²) in [6.45, 7) is 1.08. The van der Waals surface area contributed by atoms with E-state index < -0.39 is 17.8 Å². The number of aromatic nitrogens is 1. The molecule has 1 rings (SSSR count). The zero-order valence-corrected chi connectivity index (χ0v) is 6.97. The van der Waals surface area contributed by atoms with Crippen LogP contribution in [-0.4, -0.2) is 11.4 Å². The third kappa shape index (κ3) is 1.80. The predicted octanol–water partition coefficient (Wildman–Crippen LogP) is 1.66. The van der Waals surface area contributed by atoms with Crippen LogP contribution in [0.2, 0.25) is 0 Å². The molecule has 1 aromatic rings. The van der Waals surface area contributed by atoms with Gasteiger partial charge in [0.05, 0.1) is 6.20 Å². The van der Waals surface area contributed by atoms with E-state index in [1.54, 1.807) is 0 Å². The van der Waals surface area contributed by atoms with Gasteiger partial charge in [0.2, 0.25) is 0 Å². The molecule has 13 heavy (non-hydrogen) atoms. The van der Waals surface area contributed by atoms with Crippen LogP contribution in [-0.2, 0) is 5.54 Å². The highest BCUT2D eigenvalue weighted by atomic mass is 19.3. The number of hydrogen-bond acceptors (Lipinski definition) is 2. The fourth-order valence-electron chi connectivity index (χ4n) is 0.930. The van der Waals surface area contributed by atoms with Gasteiger partial charge in [-0.15, -0.1) is 0 Å². The Morgan fingerprint density at radius 3 is 2.62 bits per heavy atom. The highest BCUT2D eigenvalue weighted by Crippen LogP contribution is 2.26. The number of nitrogens with zero attached hydrogens (tertiary/aromatic N) is 1. The lowest BCUT2D eigenvalue weighted by atomic mass is 9.94. The fourth-order valence-corrected chi connectivity index (χ4v) is 0.930. The largest absolute Gasteiger partial charge is 0.317 e. The molecule has 0 fully saturated rings. The number of nitrogens with two attached hydrogens (primary N) is 1. The highest BCUT2D eigenvalue weighted by Gasteiger charge is 2.34. The summed E-state index contributed by atoms with van der Waals surface area (Å²) in [6.07, 6.45) is -0.723. The summed E-state index contributed by atoms with van der Waals surface area (Å²) < 4.78 is 37.7. The number of halogens is 3. The summed E-state index contributed by atoms with van der Waals surface area (Å²) in [5.41, 5.74) is 3.07. The van der Waals surface area contributed by atoms with Crippen LogP contribution in [0.1, 0.15) is 12.5 Å². The Bertz CT molecular complexity index is 299. The van der Waals surface area contributed by atoms with Crippen LogP contribution in [0.4, 0.5) is 13.2 Å². The zero-order chi connectivity index (χ0) is 10.1. The molecule has 1 aromatic heterocycles. The second kappa shape index (κ2) is 3.33. The number of alkyl halides is 2.